The first-order valence-electron chi connectivity index (χ1n) is 14.8. The molecular formula is C30H35K2N2NaO12S4. The molecule has 0 amide bonds. The minimum atomic E-state index is -4.77. The van der Waals surface area contributed by atoms with Crippen LogP contribution in [0.3, 0.4) is 0 Å². The summed E-state index contributed by atoms with van der Waals surface area (Å²) in [6.45, 7) is 8.23. The summed E-state index contributed by atoms with van der Waals surface area (Å²) >= 11 is 0.731. The van der Waals surface area contributed by atoms with E-state index in [9.17, 15) is 44.2 Å². The number of fused-ring (bicyclic) bond motifs is 2. The average molecular weight is 845 g/mol. The van der Waals surface area contributed by atoms with Crippen molar-refractivity contribution in [1.82, 2.24) is 0 Å². The van der Waals surface area contributed by atoms with Crippen LogP contribution in [0, 0.1) is 0 Å². The molecule has 0 saturated heterocycles. The minimum absolute atomic E-state index is 0. The van der Waals surface area contributed by atoms with Crippen molar-refractivity contribution < 1.29 is 190 Å². The predicted molar refractivity (Wildman–Crippen MR) is 171 cm³/mol. The molecule has 2 aliphatic heterocycles. The summed E-state index contributed by atoms with van der Waals surface area (Å²) < 4.78 is 110. The van der Waals surface area contributed by atoms with Crippen LogP contribution >= 0.6 is 12.0 Å². The third-order valence-electron chi connectivity index (χ3n) is 8.50. The van der Waals surface area contributed by atoms with Crippen molar-refractivity contribution in [3.8, 4) is 0 Å². The second kappa shape index (κ2) is 20.4. The van der Waals surface area contributed by atoms with Gasteiger partial charge in [-0.25, -0.2) is 25.3 Å². The summed E-state index contributed by atoms with van der Waals surface area (Å²) in [5.41, 5.74) is 6.00. The number of hydrogen-bond donors (Lipinski definition) is 0. The molecule has 2 heterocycles. The van der Waals surface area contributed by atoms with E-state index in [1.807, 2.05) is 49.3 Å². The maximum Gasteiger partial charge on any atom is 1.00 e. The quantitative estimate of drug-likeness (QED) is 0.0238. The van der Waals surface area contributed by atoms with Crippen LogP contribution in [-0.4, -0.2) is 73.8 Å². The first-order valence-corrected chi connectivity index (χ1v) is 20.1. The largest absolute Gasteiger partial charge is 1.00 e. The smallest absolute Gasteiger partial charge is 0.748 e. The fourth-order valence-corrected chi connectivity index (χ4v) is 8.19. The van der Waals surface area contributed by atoms with Crippen molar-refractivity contribution in [2.45, 2.75) is 74.0 Å². The van der Waals surface area contributed by atoms with Gasteiger partial charge in [0.1, 0.15) is 16.7 Å². The molecule has 0 fully saturated rings. The summed E-state index contributed by atoms with van der Waals surface area (Å²) in [7, 11) is -13.6. The molecular weight excluding hydrogens is 810 g/mol. The van der Waals surface area contributed by atoms with Crippen LogP contribution in [0.4, 0.5) is 11.4 Å². The van der Waals surface area contributed by atoms with Gasteiger partial charge in [0.2, 0.25) is 5.69 Å². The van der Waals surface area contributed by atoms with Crippen molar-refractivity contribution in [1.29, 1.82) is 0 Å². The number of rotatable bonds is 15. The van der Waals surface area contributed by atoms with Crippen molar-refractivity contribution in [3.63, 3.8) is 0 Å². The van der Waals surface area contributed by atoms with Gasteiger partial charge in [-0.05, 0) is 82.9 Å². The van der Waals surface area contributed by atoms with Crippen LogP contribution in [-0.2, 0) is 50.6 Å². The van der Waals surface area contributed by atoms with Gasteiger partial charge in [0, 0.05) is 52.1 Å². The number of benzene rings is 2. The molecule has 0 aromatic heterocycles. The second-order valence-corrected chi connectivity index (χ2v) is 17.7. The van der Waals surface area contributed by atoms with Crippen LogP contribution < -0.4 is 142 Å². The van der Waals surface area contributed by atoms with Crippen LogP contribution in [0.15, 0.2) is 63.7 Å². The zero-order valence-electron chi connectivity index (χ0n) is 29.6. The average Bonchev–Trinajstić information content (AvgIpc) is 3.31. The van der Waals surface area contributed by atoms with Crippen molar-refractivity contribution >= 4 is 59.5 Å². The third-order valence-corrected chi connectivity index (χ3v) is 11.5. The van der Waals surface area contributed by atoms with Crippen LogP contribution in [0.2, 0.25) is 0 Å². The Morgan fingerprint density at radius 2 is 1.45 bits per heavy atom. The Bertz CT molecular complexity index is 2020. The fourth-order valence-electron chi connectivity index (χ4n) is 6.18. The summed E-state index contributed by atoms with van der Waals surface area (Å²) in [6, 6.07) is 9.44. The summed E-state index contributed by atoms with van der Waals surface area (Å²) in [5.74, 6) is -1.05. The molecule has 0 aliphatic carbocycles. The molecule has 0 radical (unpaired) electrons. The minimum Gasteiger partial charge on any atom is -0.748 e. The van der Waals surface area contributed by atoms with Crippen LogP contribution in [0.25, 0.3) is 0 Å². The van der Waals surface area contributed by atoms with Gasteiger partial charge in [0.15, 0.2) is 5.71 Å². The van der Waals surface area contributed by atoms with Gasteiger partial charge < -0.3 is 23.8 Å². The Morgan fingerprint density at radius 1 is 0.843 bits per heavy atom. The van der Waals surface area contributed by atoms with Gasteiger partial charge in [-0.2, -0.15) is 8.91 Å². The topological polar surface area (TPSA) is 219 Å². The molecule has 2 aliphatic rings. The zero-order chi connectivity index (χ0) is 35.7. The van der Waals surface area contributed by atoms with E-state index in [0.29, 0.717) is 41.2 Å². The summed E-state index contributed by atoms with van der Waals surface area (Å²) in [4.78, 5) is 2.05. The van der Waals surface area contributed by atoms with Crippen molar-refractivity contribution in [3.05, 3.63) is 65.0 Å². The van der Waals surface area contributed by atoms with Crippen molar-refractivity contribution in [2.24, 2.45) is 0 Å². The molecule has 264 valence electrons. The molecule has 0 N–H and O–H groups in total. The number of hydrogen-bond acceptors (Lipinski definition) is 14. The number of anilines is 1. The number of unbranched alkanes of at least 4 members (excludes halogenated alkanes) is 2. The Kier molecular flexibility index (Phi) is 20.3. The van der Waals surface area contributed by atoms with Gasteiger partial charge in [-0.1, -0.05) is 5.73 Å². The number of nitrogens with zero attached hydrogens (tertiary/aromatic N) is 2. The van der Waals surface area contributed by atoms with E-state index in [2.05, 4.69) is 15.1 Å². The van der Waals surface area contributed by atoms with Crippen LogP contribution in [0.5, 0.6) is 0 Å². The molecule has 0 saturated carbocycles. The molecule has 2 aromatic rings. The molecule has 51 heavy (non-hydrogen) atoms. The fraction of sp³-hybridized carbons (Fsp3) is 0.467. The van der Waals surface area contributed by atoms with E-state index >= 15 is 0 Å². The molecule has 0 unspecified atom stereocenters. The summed E-state index contributed by atoms with van der Waals surface area (Å²) in [5, 5.41) is 13.9. The maximum atomic E-state index is 11.9. The molecule has 0 spiro atoms. The molecule has 4 rings (SSSR count). The standard InChI is InChI=1S/C30H38N2O12S4.2K.Na/c1-29(2)23-19-21(45-44-43-33)9-11-25(23)31(15-5-7-17-46(34,35)36)27(29)13-14-28-30(3,4)24-20-22(48(40,41)42)10-12-26(24)32(28)16-6-8-18-47(37,38)39;;;/h9-13,19-20H,5-8,15-18H2,1-4H3,(H3-,33,34,35,36,37,38,39,40,41,42);;;/q;3*+1/p-3. The van der Waals surface area contributed by atoms with E-state index in [4.69, 9.17) is 0 Å². The first-order chi connectivity index (χ1) is 22.2. The Morgan fingerprint density at radius 3 is 2.02 bits per heavy atom. The second-order valence-electron chi connectivity index (χ2n) is 12.5. The van der Waals surface area contributed by atoms with E-state index < -0.39 is 57.6 Å². The maximum absolute atomic E-state index is 11.9. The van der Waals surface area contributed by atoms with Gasteiger partial charge in [0.05, 0.1) is 54.4 Å². The van der Waals surface area contributed by atoms with Gasteiger partial charge >= 0.3 is 132 Å². The van der Waals surface area contributed by atoms with Gasteiger partial charge in [-0.15, -0.1) is 0 Å². The van der Waals surface area contributed by atoms with Gasteiger partial charge in [0.25, 0.3) is 0 Å². The Hall–Kier alpha value is 1.66. The Balaban J connectivity index is 0.00000433. The van der Waals surface area contributed by atoms with Gasteiger partial charge in [-0.3, -0.25) is 5.04 Å². The van der Waals surface area contributed by atoms with E-state index in [0.717, 1.165) is 29.0 Å². The molecule has 2 aromatic carbocycles. The Labute approximate surface area is 411 Å². The predicted octanol–water partition coefficient (Wildman–Crippen LogP) is -6.30. The molecule has 0 bridgehead atoms. The van der Waals surface area contributed by atoms with E-state index in [1.165, 1.54) is 18.2 Å². The van der Waals surface area contributed by atoms with E-state index in [1.54, 1.807) is 12.1 Å². The first kappa shape index (κ1) is 50.7. The third kappa shape index (κ3) is 13.1. The molecule has 14 nitrogen and oxygen atoms in total. The molecule has 21 heteroatoms. The zero-order valence-corrected chi connectivity index (χ0v) is 41.1. The monoisotopic (exact) mass is 844 g/mol. The van der Waals surface area contributed by atoms with E-state index in [-0.39, 0.29) is 152 Å². The number of allylic oxidation sites excluding steroid dienone is 1. The molecule has 0 atom stereocenters. The SMILES string of the molecule is CC1(C)C(=C=CC2=[N+](CCCCS(=O)(=O)[O-])c3ccc(SOO[O-])cc3C2(C)C)N(CCCCS(=O)(=O)[O-])c2ccc(S(=O)(=O)[O-])cc21.[K+].[K+].[Na+]. The van der Waals surface area contributed by atoms with Crippen molar-refractivity contribution in [2.75, 3.05) is 29.5 Å². The normalized spacial score (nSPS) is 16.0. The van der Waals surface area contributed by atoms with Crippen LogP contribution in [0.1, 0.15) is 64.5 Å². The summed E-state index contributed by atoms with van der Waals surface area (Å²) in [6.07, 6.45) is 2.68.